The largest absolute Gasteiger partial charge is 0.454 e. The van der Waals surface area contributed by atoms with Crippen molar-refractivity contribution in [1.82, 2.24) is 8.97 Å². The minimum absolute atomic E-state index is 0.936. The molecule has 0 aliphatic rings. The summed E-state index contributed by atoms with van der Waals surface area (Å²) < 4.78 is 11.2. The molecule has 3 heteroatoms. The highest BCUT2D eigenvalue weighted by molar-refractivity contribution is 6.33. The maximum atomic E-state index is 6.42. The SMILES string of the molecule is Cn1c2cccc3c4ccccc4n4c5c6ccccc6oc5c5ccc1c(c32)c54. The molecule has 4 aromatic carbocycles. The summed E-state index contributed by atoms with van der Waals surface area (Å²) in [6.45, 7) is 0. The maximum Gasteiger partial charge on any atom is 0.161 e. The average Bonchev–Trinajstić information content (AvgIpc) is 3.38. The van der Waals surface area contributed by atoms with Crippen LogP contribution in [0.4, 0.5) is 0 Å². The highest BCUT2D eigenvalue weighted by Crippen LogP contribution is 2.45. The van der Waals surface area contributed by atoms with Crippen molar-refractivity contribution >= 4 is 71.1 Å². The Labute approximate surface area is 170 Å². The Bertz CT molecular complexity index is 1960. The van der Waals surface area contributed by atoms with Crippen molar-refractivity contribution in [2.75, 3.05) is 0 Å². The van der Waals surface area contributed by atoms with Gasteiger partial charge in [-0.15, -0.1) is 0 Å². The fourth-order valence-electron chi connectivity index (χ4n) is 5.64. The molecular formula is C27H16N2O. The Morgan fingerprint density at radius 3 is 2.23 bits per heavy atom. The van der Waals surface area contributed by atoms with Crippen LogP contribution in [-0.2, 0) is 7.05 Å². The number of aryl methyl sites for hydroxylation is 1. The molecule has 4 aromatic heterocycles. The molecule has 0 spiro atoms. The fraction of sp³-hybridized carbons (Fsp3) is 0.0370. The summed E-state index contributed by atoms with van der Waals surface area (Å²) >= 11 is 0. The van der Waals surface area contributed by atoms with Crippen LogP contribution in [0.2, 0.25) is 0 Å². The number of nitrogens with zero attached hydrogens (tertiary/aromatic N) is 2. The van der Waals surface area contributed by atoms with Crippen LogP contribution in [0.15, 0.2) is 83.3 Å². The molecule has 8 rings (SSSR count). The van der Waals surface area contributed by atoms with Gasteiger partial charge in [-0.1, -0.05) is 42.5 Å². The lowest BCUT2D eigenvalue weighted by molar-refractivity contribution is 0.673. The van der Waals surface area contributed by atoms with E-state index in [0.717, 1.165) is 22.1 Å². The van der Waals surface area contributed by atoms with Crippen molar-refractivity contribution in [2.45, 2.75) is 0 Å². The molecule has 0 aliphatic heterocycles. The van der Waals surface area contributed by atoms with Gasteiger partial charge in [0.2, 0.25) is 0 Å². The van der Waals surface area contributed by atoms with E-state index in [0.29, 0.717) is 0 Å². The lowest BCUT2D eigenvalue weighted by Gasteiger charge is -2.03. The zero-order valence-electron chi connectivity index (χ0n) is 16.3. The number of hydrogen-bond donors (Lipinski definition) is 0. The number of aromatic nitrogens is 2. The second-order valence-corrected chi connectivity index (χ2v) is 8.24. The summed E-state index contributed by atoms with van der Waals surface area (Å²) in [6.07, 6.45) is 0. The van der Waals surface area contributed by atoms with E-state index >= 15 is 0 Å². The Morgan fingerprint density at radius 1 is 0.567 bits per heavy atom. The van der Waals surface area contributed by atoms with Gasteiger partial charge in [-0.25, -0.2) is 0 Å². The van der Waals surface area contributed by atoms with Gasteiger partial charge in [0.25, 0.3) is 0 Å². The van der Waals surface area contributed by atoms with Crippen LogP contribution in [0.3, 0.4) is 0 Å². The van der Waals surface area contributed by atoms with E-state index in [1.54, 1.807) is 0 Å². The smallest absolute Gasteiger partial charge is 0.161 e. The molecule has 0 atom stereocenters. The molecule has 0 radical (unpaired) electrons. The standard InChI is InChI=1S/C27H16N2O/c1-28-20-11-6-9-16-15-7-2-4-10-19(15)29-25-18(13-14-21(28)24(25)23(16)20)27-26(29)17-8-3-5-12-22(17)30-27/h2-14H,1H3. The Kier molecular flexibility index (Phi) is 2.37. The molecule has 0 fully saturated rings. The van der Waals surface area contributed by atoms with Gasteiger partial charge in [-0.3, -0.25) is 0 Å². The van der Waals surface area contributed by atoms with Crippen molar-refractivity contribution < 1.29 is 4.42 Å². The molecule has 0 N–H and O–H groups in total. The molecule has 140 valence electrons. The third-order valence-corrected chi connectivity index (χ3v) is 6.87. The van der Waals surface area contributed by atoms with E-state index in [9.17, 15) is 0 Å². The van der Waals surface area contributed by atoms with Crippen LogP contribution in [-0.4, -0.2) is 8.97 Å². The van der Waals surface area contributed by atoms with Gasteiger partial charge >= 0.3 is 0 Å². The van der Waals surface area contributed by atoms with Gasteiger partial charge in [-0.2, -0.15) is 0 Å². The van der Waals surface area contributed by atoms with Crippen LogP contribution in [0.25, 0.3) is 71.1 Å². The second-order valence-electron chi connectivity index (χ2n) is 8.24. The molecule has 0 amide bonds. The molecule has 3 nitrogen and oxygen atoms in total. The summed E-state index contributed by atoms with van der Waals surface area (Å²) in [5, 5.41) is 7.53. The fourth-order valence-corrected chi connectivity index (χ4v) is 5.64. The van der Waals surface area contributed by atoms with Gasteiger partial charge < -0.3 is 13.4 Å². The summed E-state index contributed by atoms with van der Waals surface area (Å²) in [7, 11) is 2.17. The lowest BCUT2D eigenvalue weighted by Crippen LogP contribution is -1.88. The van der Waals surface area contributed by atoms with Gasteiger partial charge in [0.05, 0.1) is 16.6 Å². The van der Waals surface area contributed by atoms with Crippen LogP contribution in [0.5, 0.6) is 0 Å². The number of furan rings is 1. The predicted molar refractivity (Wildman–Crippen MR) is 125 cm³/mol. The van der Waals surface area contributed by atoms with Crippen LogP contribution in [0, 0.1) is 0 Å². The number of para-hydroxylation sites is 2. The molecule has 0 aliphatic carbocycles. The molecule has 4 heterocycles. The van der Waals surface area contributed by atoms with E-state index in [4.69, 9.17) is 4.42 Å². The summed E-state index contributed by atoms with van der Waals surface area (Å²) in [5.41, 5.74) is 8.04. The Morgan fingerprint density at radius 2 is 1.30 bits per heavy atom. The molecule has 0 saturated heterocycles. The molecule has 0 unspecified atom stereocenters. The third-order valence-electron chi connectivity index (χ3n) is 6.87. The van der Waals surface area contributed by atoms with Gasteiger partial charge in [0, 0.05) is 39.5 Å². The van der Waals surface area contributed by atoms with E-state index in [2.05, 4.69) is 88.8 Å². The van der Waals surface area contributed by atoms with E-state index in [-0.39, 0.29) is 0 Å². The maximum absolute atomic E-state index is 6.42. The monoisotopic (exact) mass is 384 g/mol. The molecule has 30 heavy (non-hydrogen) atoms. The highest BCUT2D eigenvalue weighted by Gasteiger charge is 2.24. The number of fused-ring (bicyclic) bond motifs is 8. The topological polar surface area (TPSA) is 22.5 Å². The average molecular weight is 384 g/mol. The first-order valence-corrected chi connectivity index (χ1v) is 10.3. The molecular weight excluding hydrogens is 368 g/mol. The zero-order chi connectivity index (χ0) is 19.6. The zero-order valence-corrected chi connectivity index (χ0v) is 16.3. The highest BCUT2D eigenvalue weighted by atomic mass is 16.3. The summed E-state index contributed by atoms with van der Waals surface area (Å²) in [4.78, 5) is 0. The minimum Gasteiger partial charge on any atom is -0.454 e. The molecule has 0 saturated carbocycles. The Balaban J connectivity index is 1.92. The van der Waals surface area contributed by atoms with E-state index in [1.165, 1.54) is 49.0 Å². The van der Waals surface area contributed by atoms with Crippen molar-refractivity contribution in [3.05, 3.63) is 78.9 Å². The van der Waals surface area contributed by atoms with Crippen LogP contribution >= 0.6 is 0 Å². The summed E-state index contributed by atoms with van der Waals surface area (Å²) in [5.74, 6) is 0. The first-order valence-electron chi connectivity index (χ1n) is 10.3. The first kappa shape index (κ1) is 14.9. The quantitative estimate of drug-likeness (QED) is 0.270. The van der Waals surface area contributed by atoms with Crippen molar-refractivity contribution in [3.63, 3.8) is 0 Å². The summed E-state index contributed by atoms with van der Waals surface area (Å²) in [6, 6.07) is 28.2. The third kappa shape index (κ3) is 1.47. The van der Waals surface area contributed by atoms with Gasteiger partial charge in [0.1, 0.15) is 11.1 Å². The Hall–Kier alpha value is -3.98. The minimum atomic E-state index is 0.936. The first-order chi connectivity index (χ1) is 14.8. The van der Waals surface area contributed by atoms with Crippen molar-refractivity contribution in [2.24, 2.45) is 7.05 Å². The van der Waals surface area contributed by atoms with Crippen LogP contribution < -0.4 is 0 Å². The van der Waals surface area contributed by atoms with Gasteiger partial charge in [0.15, 0.2) is 5.58 Å². The van der Waals surface area contributed by atoms with Crippen molar-refractivity contribution in [1.29, 1.82) is 0 Å². The normalized spacial score (nSPS) is 12.8. The number of rotatable bonds is 0. The molecule has 8 aromatic rings. The predicted octanol–water partition coefficient (Wildman–Crippen LogP) is 7.23. The van der Waals surface area contributed by atoms with E-state index in [1.807, 2.05) is 6.07 Å². The second kappa shape index (κ2) is 4.77. The molecule has 0 bridgehead atoms. The van der Waals surface area contributed by atoms with Gasteiger partial charge in [-0.05, 0) is 41.8 Å². The lowest BCUT2D eigenvalue weighted by atomic mass is 10.0. The number of hydrogen-bond acceptors (Lipinski definition) is 1. The number of benzene rings is 4. The van der Waals surface area contributed by atoms with E-state index < -0.39 is 0 Å². The van der Waals surface area contributed by atoms with Crippen molar-refractivity contribution in [3.8, 4) is 0 Å². The van der Waals surface area contributed by atoms with Crippen LogP contribution in [0.1, 0.15) is 0 Å².